The Hall–Kier alpha value is -5.49. The van der Waals surface area contributed by atoms with Gasteiger partial charge in [-0.15, -0.1) is 0 Å². The normalized spacial score (nSPS) is 14.8. The largest absolute Gasteiger partial charge is 0.343 e. The molecule has 1 aliphatic heterocycles. The van der Waals surface area contributed by atoms with E-state index in [9.17, 15) is 14.4 Å². The maximum absolute atomic E-state index is 14.4. The Bertz CT molecular complexity index is 1640. The summed E-state index contributed by atoms with van der Waals surface area (Å²) in [5, 5.41) is 3.24. The van der Waals surface area contributed by atoms with Gasteiger partial charge in [-0.2, -0.15) is 0 Å². The molecule has 224 valence electrons. The molecular weight excluding hydrogens is 558 g/mol. The average molecular weight is 594 g/mol. The number of rotatable bonds is 8. The quantitative estimate of drug-likeness (QED) is 0.237. The third kappa shape index (κ3) is 6.70. The van der Waals surface area contributed by atoms with E-state index in [1.807, 2.05) is 140 Å². The second-order valence-corrected chi connectivity index (χ2v) is 11.2. The molecule has 1 heterocycles. The monoisotopic (exact) mass is 593 g/mol. The van der Waals surface area contributed by atoms with Crippen LogP contribution in [0.4, 0.5) is 0 Å². The molecule has 0 saturated carbocycles. The van der Waals surface area contributed by atoms with E-state index in [4.69, 9.17) is 0 Å². The highest BCUT2D eigenvalue weighted by Crippen LogP contribution is 2.29. The number of nitrogens with one attached hydrogen (secondary N) is 1. The molecule has 1 aliphatic rings. The van der Waals surface area contributed by atoms with E-state index in [-0.39, 0.29) is 30.8 Å². The maximum Gasteiger partial charge on any atom is 0.254 e. The minimum atomic E-state index is -0.891. The van der Waals surface area contributed by atoms with E-state index in [1.54, 1.807) is 21.9 Å². The molecule has 1 unspecified atom stereocenters. The molecule has 0 aliphatic carbocycles. The molecular formula is C39H35N3O3. The van der Waals surface area contributed by atoms with Gasteiger partial charge in [-0.05, 0) is 34.4 Å². The van der Waals surface area contributed by atoms with Crippen LogP contribution in [0.2, 0.25) is 0 Å². The predicted octanol–water partition coefficient (Wildman–Crippen LogP) is 6.08. The number of amides is 3. The number of hydrogen-bond donors (Lipinski definition) is 1. The lowest BCUT2D eigenvalue weighted by Crippen LogP contribution is -2.62. The lowest BCUT2D eigenvalue weighted by molar-refractivity contribution is -0.137. The first kappa shape index (κ1) is 29.6. The zero-order chi connectivity index (χ0) is 31.0. The van der Waals surface area contributed by atoms with Crippen LogP contribution in [0.25, 0.3) is 0 Å². The van der Waals surface area contributed by atoms with Crippen molar-refractivity contribution in [3.8, 4) is 0 Å². The molecule has 0 spiro atoms. The lowest BCUT2D eigenvalue weighted by Gasteiger charge is -2.42. The highest BCUT2D eigenvalue weighted by Gasteiger charge is 2.40. The third-order valence-corrected chi connectivity index (χ3v) is 8.34. The van der Waals surface area contributed by atoms with Gasteiger partial charge in [-0.3, -0.25) is 14.4 Å². The summed E-state index contributed by atoms with van der Waals surface area (Å²) in [4.78, 5) is 45.9. The molecule has 3 amide bonds. The van der Waals surface area contributed by atoms with Crippen molar-refractivity contribution in [2.75, 3.05) is 19.6 Å². The Balaban J connectivity index is 1.33. The van der Waals surface area contributed by atoms with Crippen LogP contribution in [0.15, 0.2) is 152 Å². The van der Waals surface area contributed by atoms with Crippen LogP contribution in [0.1, 0.15) is 44.6 Å². The minimum absolute atomic E-state index is 0.0791. The summed E-state index contributed by atoms with van der Waals surface area (Å²) in [5.41, 5.74) is 4.12. The number of carbonyl (C=O) groups excluding carboxylic acids is 3. The molecule has 6 nitrogen and oxygen atoms in total. The van der Waals surface area contributed by atoms with Gasteiger partial charge in [-0.25, -0.2) is 0 Å². The zero-order valence-corrected chi connectivity index (χ0v) is 24.9. The third-order valence-electron chi connectivity index (χ3n) is 8.34. The fourth-order valence-electron chi connectivity index (χ4n) is 6.04. The van der Waals surface area contributed by atoms with Crippen molar-refractivity contribution in [1.29, 1.82) is 0 Å². The number of hydrogen-bond acceptors (Lipinski definition) is 3. The number of piperazine rings is 1. The van der Waals surface area contributed by atoms with Crippen molar-refractivity contribution in [1.82, 2.24) is 15.1 Å². The Labute approximate surface area is 263 Å². The summed E-state index contributed by atoms with van der Waals surface area (Å²) >= 11 is 0. The Morgan fingerprint density at radius 1 is 0.556 bits per heavy atom. The summed E-state index contributed by atoms with van der Waals surface area (Å²) in [6, 6.07) is 46.6. The number of benzene rings is 5. The van der Waals surface area contributed by atoms with Crippen molar-refractivity contribution in [3.63, 3.8) is 0 Å². The van der Waals surface area contributed by atoms with E-state index in [0.717, 1.165) is 22.3 Å². The standard InChI is InChI=1S/C39H35N3O3/c43-37(40-36(31-20-10-3-11-21-31)32-22-12-4-13-23-32)34-28-41(26-27-42(34)38(44)33-24-14-5-15-25-33)39(45)35(29-16-6-1-7-17-29)30-18-8-2-9-19-30/h1-25,34-36H,26-28H2,(H,40,43). The van der Waals surface area contributed by atoms with Crippen molar-refractivity contribution in [2.45, 2.75) is 18.0 Å². The van der Waals surface area contributed by atoms with Crippen LogP contribution in [-0.4, -0.2) is 53.2 Å². The number of nitrogens with zero attached hydrogens (tertiary/aromatic N) is 2. The minimum Gasteiger partial charge on any atom is -0.343 e. The highest BCUT2D eigenvalue weighted by molar-refractivity contribution is 5.98. The molecule has 1 saturated heterocycles. The van der Waals surface area contributed by atoms with Crippen LogP contribution < -0.4 is 5.32 Å². The van der Waals surface area contributed by atoms with Gasteiger partial charge in [0, 0.05) is 18.7 Å². The van der Waals surface area contributed by atoms with E-state index >= 15 is 0 Å². The molecule has 5 aromatic rings. The fraction of sp³-hybridized carbons (Fsp3) is 0.154. The SMILES string of the molecule is O=C(NC(c1ccccc1)c1ccccc1)C1CN(C(=O)C(c2ccccc2)c2ccccc2)CCN1C(=O)c1ccccc1. The molecule has 1 fully saturated rings. The topological polar surface area (TPSA) is 69.7 Å². The second kappa shape index (κ2) is 13.9. The summed E-state index contributed by atoms with van der Waals surface area (Å²) in [6.45, 7) is 0.628. The molecule has 0 radical (unpaired) electrons. The van der Waals surface area contributed by atoms with Gasteiger partial charge in [0.15, 0.2) is 0 Å². The summed E-state index contributed by atoms with van der Waals surface area (Å²) in [5.74, 6) is -1.18. The van der Waals surface area contributed by atoms with Gasteiger partial charge in [0.1, 0.15) is 6.04 Å². The van der Waals surface area contributed by atoms with Gasteiger partial charge in [0.2, 0.25) is 11.8 Å². The van der Waals surface area contributed by atoms with Crippen LogP contribution in [0.3, 0.4) is 0 Å². The first-order valence-corrected chi connectivity index (χ1v) is 15.2. The molecule has 0 aromatic heterocycles. The summed E-state index contributed by atoms with van der Waals surface area (Å²) < 4.78 is 0. The molecule has 45 heavy (non-hydrogen) atoms. The highest BCUT2D eigenvalue weighted by atomic mass is 16.2. The van der Waals surface area contributed by atoms with Crippen molar-refractivity contribution >= 4 is 17.7 Å². The van der Waals surface area contributed by atoms with Gasteiger partial charge >= 0.3 is 0 Å². The molecule has 1 atom stereocenters. The van der Waals surface area contributed by atoms with E-state index < -0.39 is 18.0 Å². The first-order chi connectivity index (χ1) is 22.1. The molecule has 5 aromatic carbocycles. The van der Waals surface area contributed by atoms with Gasteiger partial charge in [0.05, 0.1) is 18.5 Å². The predicted molar refractivity (Wildman–Crippen MR) is 175 cm³/mol. The Morgan fingerprint density at radius 2 is 0.978 bits per heavy atom. The van der Waals surface area contributed by atoms with Crippen LogP contribution >= 0.6 is 0 Å². The number of carbonyl (C=O) groups is 3. The van der Waals surface area contributed by atoms with Crippen molar-refractivity contribution < 1.29 is 14.4 Å². The van der Waals surface area contributed by atoms with Crippen molar-refractivity contribution in [2.24, 2.45) is 0 Å². The zero-order valence-electron chi connectivity index (χ0n) is 24.9. The molecule has 6 rings (SSSR count). The lowest BCUT2D eigenvalue weighted by atomic mass is 9.89. The Morgan fingerprint density at radius 3 is 1.44 bits per heavy atom. The van der Waals surface area contributed by atoms with Gasteiger partial charge in [0.25, 0.3) is 5.91 Å². The smallest absolute Gasteiger partial charge is 0.254 e. The average Bonchev–Trinajstić information content (AvgIpc) is 3.12. The van der Waals surface area contributed by atoms with Crippen molar-refractivity contribution in [3.05, 3.63) is 179 Å². The molecule has 1 N–H and O–H groups in total. The van der Waals surface area contributed by atoms with E-state index in [0.29, 0.717) is 12.1 Å². The first-order valence-electron chi connectivity index (χ1n) is 15.2. The van der Waals surface area contributed by atoms with Gasteiger partial charge in [-0.1, -0.05) is 140 Å². The second-order valence-electron chi connectivity index (χ2n) is 11.2. The Kier molecular flexibility index (Phi) is 9.11. The van der Waals surface area contributed by atoms with E-state index in [2.05, 4.69) is 5.32 Å². The van der Waals surface area contributed by atoms with E-state index in [1.165, 1.54) is 0 Å². The van der Waals surface area contributed by atoms with Gasteiger partial charge < -0.3 is 15.1 Å². The summed E-state index contributed by atoms with van der Waals surface area (Å²) in [7, 11) is 0. The van der Waals surface area contributed by atoms with Crippen LogP contribution in [0.5, 0.6) is 0 Å². The van der Waals surface area contributed by atoms with Crippen LogP contribution in [-0.2, 0) is 9.59 Å². The molecule has 0 bridgehead atoms. The maximum atomic E-state index is 14.4. The molecule has 6 heteroatoms. The fourth-order valence-corrected chi connectivity index (χ4v) is 6.04. The van der Waals surface area contributed by atoms with Crippen LogP contribution in [0, 0.1) is 0 Å². The summed E-state index contributed by atoms with van der Waals surface area (Å²) in [6.07, 6.45) is 0.